The highest BCUT2D eigenvalue weighted by molar-refractivity contribution is 9.10. The molecule has 21 heavy (non-hydrogen) atoms. The Kier molecular flexibility index (Phi) is 4.01. The minimum atomic E-state index is -0.0265. The number of carbonyl (C=O) groups is 1. The van der Waals surface area contributed by atoms with Gasteiger partial charge in [-0.05, 0) is 59.5 Å². The largest absolute Gasteiger partial charge is 0.327 e. The van der Waals surface area contributed by atoms with Gasteiger partial charge in [0.25, 0.3) is 5.91 Å². The second-order valence-corrected chi connectivity index (χ2v) is 6.09. The highest BCUT2D eigenvalue weighted by Gasteiger charge is 2.37. The summed E-state index contributed by atoms with van der Waals surface area (Å²) in [6, 6.07) is 7.87. The summed E-state index contributed by atoms with van der Waals surface area (Å²) < 4.78 is 0.735. The summed E-state index contributed by atoms with van der Waals surface area (Å²) in [5, 5.41) is 0. The quantitative estimate of drug-likeness (QED) is 0.850. The van der Waals surface area contributed by atoms with E-state index in [1.165, 1.54) is 0 Å². The molecule has 0 unspecified atom stereocenters. The van der Waals surface area contributed by atoms with Gasteiger partial charge >= 0.3 is 0 Å². The zero-order valence-corrected chi connectivity index (χ0v) is 13.3. The average molecular weight is 346 g/mol. The molecule has 1 amide bonds. The van der Waals surface area contributed by atoms with E-state index in [0.717, 1.165) is 22.9 Å². The maximum Gasteiger partial charge on any atom is 0.274 e. The van der Waals surface area contributed by atoms with Gasteiger partial charge in [-0.3, -0.25) is 9.78 Å². The Balaban J connectivity index is 1.92. The second-order valence-electron chi connectivity index (χ2n) is 5.24. The Labute approximate surface area is 132 Å². The third-order valence-electron chi connectivity index (χ3n) is 3.72. The number of carbonyl (C=O) groups excluding carboxylic acids is 1. The van der Waals surface area contributed by atoms with E-state index in [9.17, 15) is 4.79 Å². The fourth-order valence-corrected chi connectivity index (χ4v) is 2.88. The Morgan fingerprint density at radius 2 is 2.10 bits per heavy atom. The molecule has 2 aromatic rings. The van der Waals surface area contributed by atoms with Gasteiger partial charge < -0.3 is 4.90 Å². The maximum absolute atomic E-state index is 12.9. The van der Waals surface area contributed by atoms with Crippen LogP contribution in [0, 0.1) is 0 Å². The van der Waals surface area contributed by atoms with Crippen LogP contribution in [-0.2, 0) is 0 Å². The summed E-state index contributed by atoms with van der Waals surface area (Å²) in [5.74, 6) is -0.0265. The Hall–Kier alpha value is -1.75. The fraction of sp³-hybridized carbons (Fsp3) is 0.312. The zero-order valence-electron chi connectivity index (χ0n) is 11.7. The normalized spacial score (nSPS) is 15.5. The summed E-state index contributed by atoms with van der Waals surface area (Å²) in [5.41, 5.74) is 1.52. The first-order valence-electron chi connectivity index (χ1n) is 7.01. The number of aromatic nitrogens is 2. The molecule has 0 aromatic carbocycles. The lowest BCUT2D eigenvalue weighted by Gasteiger charge is -2.29. The molecule has 0 N–H and O–H groups in total. The molecule has 1 atom stereocenters. The molecule has 3 rings (SSSR count). The molecule has 0 radical (unpaired) electrons. The molecule has 4 nitrogen and oxygen atoms in total. The zero-order chi connectivity index (χ0) is 14.8. The molecule has 1 aliphatic carbocycles. The number of amides is 1. The Morgan fingerprint density at radius 1 is 1.33 bits per heavy atom. The molecule has 1 aliphatic rings. The molecular weight excluding hydrogens is 330 g/mol. The molecule has 108 valence electrons. The molecule has 0 bridgehead atoms. The molecule has 5 heteroatoms. The second kappa shape index (κ2) is 5.93. The van der Waals surface area contributed by atoms with E-state index < -0.39 is 0 Å². The lowest BCUT2D eigenvalue weighted by atomic mass is 10.1. The number of hydrogen-bond acceptors (Lipinski definition) is 3. The number of nitrogens with zero attached hydrogens (tertiary/aromatic N) is 3. The smallest absolute Gasteiger partial charge is 0.274 e. The van der Waals surface area contributed by atoms with Crippen molar-refractivity contribution in [3.63, 3.8) is 0 Å². The fourth-order valence-electron chi connectivity index (χ4n) is 2.46. The maximum atomic E-state index is 12.9. The van der Waals surface area contributed by atoms with Crippen molar-refractivity contribution in [1.82, 2.24) is 14.9 Å². The van der Waals surface area contributed by atoms with Crippen LogP contribution in [0.2, 0.25) is 0 Å². The molecule has 2 aromatic heterocycles. The standard InChI is InChI=1S/C16H16BrN3O/c1-11(12-4-2-8-18-10-12)20(13-6-7-13)16(21)15-14(17)5-3-9-19-15/h2-5,8-11,13H,6-7H2,1H3/t11-/m1/s1. The number of hydrogen-bond donors (Lipinski definition) is 0. The minimum Gasteiger partial charge on any atom is -0.327 e. The summed E-state index contributed by atoms with van der Waals surface area (Å²) in [6.07, 6.45) is 7.33. The highest BCUT2D eigenvalue weighted by Crippen LogP contribution is 2.35. The van der Waals surface area contributed by atoms with Gasteiger partial charge in [-0.2, -0.15) is 0 Å². The van der Waals surface area contributed by atoms with E-state index >= 15 is 0 Å². The van der Waals surface area contributed by atoms with Crippen LogP contribution in [0.4, 0.5) is 0 Å². The minimum absolute atomic E-state index is 0.00685. The van der Waals surface area contributed by atoms with Gasteiger partial charge in [0.2, 0.25) is 0 Å². The third-order valence-corrected chi connectivity index (χ3v) is 4.36. The molecule has 2 heterocycles. The first-order chi connectivity index (χ1) is 10.2. The van der Waals surface area contributed by atoms with Crippen molar-refractivity contribution in [3.05, 3.63) is 58.6 Å². The van der Waals surface area contributed by atoms with Gasteiger partial charge in [0.15, 0.2) is 0 Å². The van der Waals surface area contributed by atoms with Crippen LogP contribution in [-0.4, -0.2) is 26.8 Å². The van der Waals surface area contributed by atoms with Gasteiger partial charge in [-0.1, -0.05) is 6.07 Å². The van der Waals surface area contributed by atoms with Crippen molar-refractivity contribution in [2.45, 2.75) is 31.8 Å². The van der Waals surface area contributed by atoms with Crippen LogP contribution < -0.4 is 0 Å². The van der Waals surface area contributed by atoms with E-state index in [2.05, 4.69) is 25.9 Å². The van der Waals surface area contributed by atoms with Crippen LogP contribution in [0.1, 0.15) is 41.9 Å². The van der Waals surface area contributed by atoms with Gasteiger partial charge in [0.1, 0.15) is 5.69 Å². The molecule has 1 saturated carbocycles. The summed E-state index contributed by atoms with van der Waals surface area (Å²) in [4.78, 5) is 23.2. The van der Waals surface area contributed by atoms with E-state index in [1.807, 2.05) is 42.3 Å². The molecular formula is C16H16BrN3O. The predicted molar refractivity (Wildman–Crippen MR) is 83.8 cm³/mol. The van der Waals surface area contributed by atoms with Crippen molar-refractivity contribution >= 4 is 21.8 Å². The van der Waals surface area contributed by atoms with E-state index in [0.29, 0.717) is 11.7 Å². The molecule has 1 fully saturated rings. The van der Waals surface area contributed by atoms with Gasteiger partial charge in [0, 0.05) is 29.1 Å². The van der Waals surface area contributed by atoms with Crippen LogP contribution >= 0.6 is 15.9 Å². The number of halogens is 1. The van der Waals surface area contributed by atoms with Crippen molar-refractivity contribution in [2.24, 2.45) is 0 Å². The van der Waals surface area contributed by atoms with E-state index in [-0.39, 0.29) is 11.9 Å². The molecule has 0 spiro atoms. The van der Waals surface area contributed by atoms with Crippen molar-refractivity contribution in [2.75, 3.05) is 0 Å². The van der Waals surface area contributed by atoms with Crippen molar-refractivity contribution in [1.29, 1.82) is 0 Å². The van der Waals surface area contributed by atoms with Gasteiger partial charge in [0.05, 0.1) is 6.04 Å². The van der Waals surface area contributed by atoms with Crippen LogP contribution in [0.25, 0.3) is 0 Å². The first-order valence-corrected chi connectivity index (χ1v) is 7.81. The number of rotatable bonds is 4. The molecule has 0 saturated heterocycles. The SMILES string of the molecule is C[C@H](c1cccnc1)N(C(=O)c1ncccc1Br)C1CC1. The highest BCUT2D eigenvalue weighted by atomic mass is 79.9. The number of pyridine rings is 2. The molecule has 0 aliphatic heterocycles. The Morgan fingerprint density at radius 3 is 2.71 bits per heavy atom. The van der Waals surface area contributed by atoms with Crippen LogP contribution in [0.5, 0.6) is 0 Å². The first kappa shape index (κ1) is 14.2. The van der Waals surface area contributed by atoms with E-state index in [1.54, 1.807) is 12.4 Å². The summed E-state index contributed by atoms with van der Waals surface area (Å²) >= 11 is 3.42. The third kappa shape index (κ3) is 2.97. The van der Waals surface area contributed by atoms with Gasteiger partial charge in [-0.15, -0.1) is 0 Å². The van der Waals surface area contributed by atoms with Crippen LogP contribution in [0.3, 0.4) is 0 Å². The van der Waals surface area contributed by atoms with Crippen LogP contribution in [0.15, 0.2) is 47.3 Å². The van der Waals surface area contributed by atoms with Gasteiger partial charge in [-0.25, -0.2) is 4.98 Å². The monoisotopic (exact) mass is 345 g/mol. The van der Waals surface area contributed by atoms with E-state index in [4.69, 9.17) is 0 Å². The Bertz CT molecular complexity index is 643. The average Bonchev–Trinajstić information content (AvgIpc) is 3.33. The predicted octanol–water partition coefficient (Wildman–Crippen LogP) is 3.60. The lowest BCUT2D eigenvalue weighted by Crippen LogP contribution is -2.36. The topological polar surface area (TPSA) is 46.1 Å². The summed E-state index contributed by atoms with van der Waals surface area (Å²) in [7, 11) is 0. The summed E-state index contributed by atoms with van der Waals surface area (Å²) in [6.45, 7) is 2.05. The lowest BCUT2D eigenvalue weighted by molar-refractivity contribution is 0.0666. The van der Waals surface area contributed by atoms with Crippen molar-refractivity contribution < 1.29 is 4.79 Å². The van der Waals surface area contributed by atoms with Crippen molar-refractivity contribution in [3.8, 4) is 0 Å².